The molecule has 1 aliphatic carbocycles. The average molecular weight is 165 g/mol. The first-order chi connectivity index (χ1) is 4.18. The van der Waals surface area contributed by atoms with E-state index in [0.29, 0.717) is 12.8 Å². The van der Waals surface area contributed by atoms with Gasteiger partial charge in [-0.25, -0.2) is 4.79 Å². The Balaban J connectivity index is 0.000000810. The number of Topliss-reactive ketones (excluding diaryl/α,β-unsaturated/α-hetero) is 1. The van der Waals surface area contributed by atoms with Crippen molar-refractivity contribution in [3.8, 4) is 0 Å². The maximum Gasteiger partial charge on any atom is 0.312 e. The molecule has 58 valence electrons. The van der Waals surface area contributed by atoms with E-state index in [4.69, 9.17) is 5.73 Å². The van der Waals surface area contributed by atoms with Crippen LogP contribution in [0.15, 0.2) is 0 Å². The van der Waals surface area contributed by atoms with Gasteiger partial charge in [0, 0.05) is 18.9 Å². The van der Waals surface area contributed by atoms with E-state index in [0.717, 1.165) is 0 Å². The number of halogens is 1. The summed E-state index contributed by atoms with van der Waals surface area (Å²) in [6.07, 6.45) is 0.895. The Hall–Kier alpha value is -0.770. The van der Waals surface area contributed by atoms with Gasteiger partial charge in [-0.15, -0.1) is 12.4 Å². The van der Waals surface area contributed by atoms with E-state index in [1.807, 2.05) is 0 Å². The summed E-state index contributed by atoms with van der Waals surface area (Å²) in [5.74, 6) is 0.189. The Morgan fingerprint density at radius 2 is 2.10 bits per heavy atom. The maximum atomic E-state index is 10.3. The highest BCUT2D eigenvalue weighted by Gasteiger charge is 2.26. The summed E-state index contributed by atoms with van der Waals surface area (Å²) < 4.78 is 0. The number of nitrogens with two attached hydrogens (primary N) is 1. The highest BCUT2D eigenvalue weighted by atomic mass is 35.5. The normalized spacial score (nSPS) is 17.0. The van der Waals surface area contributed by atoms with Crippen molar-refractivity contribution in [1.82, 2.24) is 5.32 Å². The first-order valence-corrected chi connectivity index (χ1v) is 2.76. The number of primary amides is 1. The minimum absolute atomic E-state index is 0. The van der Waals surface area contributed by atoms with Crippen LogP contribution in [0.25, 0.3) is 0 Å². The van der Waals surface area contributed by atoms with Gasteiger partial charge in [-0.2, -0.15) is 0 Å². The second-order valence-corrected chi connectivity index (χ2v) is 2.15. The van der Waals surface area contributed by atoms with Crippen LogP contribution in [0, 0.1) is 0 Å². The van der Waals surface area contributed by atoms with Gasteiger partial charge in [-0.1, -0.05) is 0 Å². The molecule has 0 aromatic carbocycles. The summed E-state index contributed by atoms with van der Waals surface area (Å²) in [4.78, 5) is 20.4. The summed E-state index contributed by atoms with van der Waals surface area (Å²) in [7, 11) is 0. The molecule has 3 N–H and O–H groups in total. The van der Waals surface area contributed by atoms with Crippen LogP contribution in [-0.4, -0.2) is 17.9 Å². The van der Waals surface area contributed by atoms with Gasteiger partial charge in [0.05, 0.1) is 0 Å². The van der Waals surface area contributed by atoms with Gasteiger partial charge in [-0.05, 0) is 0 Å². The van der Waals surface area contributed by atoms with Gasteiger partial charge in [-0.3, -0.25) is 4.79 Å². The summed E-state index contributed by atoms with van der Waals surface area (Å²) in [6.45, 7) is 0. The first-order valence-electron chi connectivity index (χ1n) is 2.76. The number of hydrogen-bond donors (Lipinski definition) is 2. The molecule has 0 spiro atoms. The van der Waals surface area contributed by atoms with E-state index in [1.165, 1.54) is 0 Å². The van der Waals surface area contributed by atoms with Gasteiger partial charge >= 0.3 is 6.03 Å². The fourth-order valence-electron chi connectivity index (χ4n) is 0.793. The maximum absolute atomic E-state index is 10.3. The van der Waals surface area contributed by atoms with Crippen molar-refractivity contribution in [3.63, 3.8) is 0 Å². The fourth-order valence-corrected chi connectivity index (χ4v) is 0.793. The van der Waals surface area contributed by atoms with Crippen molar-refractivity contribution in [2.24, 2.45) is 5.73 Å². The Bertz CT molecular complexity index is 152. The largest absolute Gasteiger partial charge is 0.352 e. The number of rotatable bonds is 1. The number of amides is 2. The van der Waals surface area contributed by atoms with Crippen molar-refractivity contribution in [1.29, 1.82) is 0 Å². The molecule has 0 saturated heterocycles. The Labute approximate surface area is 64.6 Å². The number of ketones is 1. The highest BCUT2D eigenvalue weighted by Crippen LogP contribution is 2.12. The third kappa shape index (κ3) is 2.23. The molecular weight excluding hydrogens is 156 g/mol. The third-order valence-corrected chi connectivity index (χ3v) is 1.29. The molecule has 1 fully saturated rings. The number of carbonyl (C=O) groups is 2. The zero-order chi connectivity index (χ0) is 6.85. The minimum Gasteiger partial charge on any atom is -0.352 e. The van der Waals surface area contributed by atoms with Crippen LogP contribution in [0.5, 0.6) is 0 Å². The molecule has 0 aliphatic heterocycles. The molecule has 1 rings (SSSR count). The third-order valence-electron chi connectivity index (χ3n) is 1.29. The predicted octanol–water partition coefficient (Wildman–Crippen LogP) is -0.192. The quantitative estimate of drug-likeness (QED) is 0.564. The average Bonchev–Trinajstić information content (AvgIpc) is 1.60. The Kier molecular flexibility index (Phi) is 3.15. The van der Waals surface area contributed by atoms with E-state index in [2.05, 4.69) is 5.32 Å². The first kappa shape index (κ1) is 9.23. The molecule has 1 saturated carbocycles. The van der Waals surface area contributed by atoms with Crippen LogP contribution in [-0.2, 0) is 4.79 Å². The molecule has 1 aliphatic rings. The molecule has 2 amide bonds. The van der Waals surface area contributed by atoms with E-state index in [1.54, 1.807) is 0 Å². The summed E-state index contributed by atoms with van der Waals surface area (Å²) in [5, 5.41) is 2.43. The SMILES string of the molecule is Cl.NC(=O)NC1CC(=O)C1. The molecule has 0 atom stereocenters. The van der Waals surface area contributed by atoms with E-state index in [9.17, 15) is 9.59 Å². The lowest BCUT2D eigenvalue weighted by atomic mass is 9.92. The number of carbonyl (C=O) groups excluding carboxylic acids is 2. The lowest BCUT2D eigenvalue weighted by molar-refractivity contribution is -0.124. The lowest BCUT2D eigenvalue weighted by Gasteiger charge is -2.23. The predicted molar refractivity (Wildman–Crippen MR) is 38.0 cm³/mol. The van der Waals surface area contributed by atoms with Crippen molar-refractivity contribution in [2.75, 3.05) is 0 Å². The Morgan fingerprint density at radius 3 is 2.40 bits per heavy atom. The Morgan fingerprint density at radius 1 is 1.60 bits per heavy atom. The fraction of sp³-hybridized carbons (Fsp3) is 0.600. The second-order valence-electron chi connectivity index (χ2n) is 2.15. The van der Waals surface area contributed by atoms with Gasteiger partial charge in [0.15, 0.2) is 0 Å². The summed E-state index contributed by atoms with van der Waals surface area (Å²) >= 11 is 0. The topological polar surface area (TPSA) is 72.2 Å². The van der Waals surface area contributed by atoms with Gasteiger partial charge in [0.25, 0.3) is 0 Å². The highest BCUT2D eigenvalue weighted by molar-refractivity contribution is 5.87. The lowest BCUT2D eigenvalue weighted by Crippen LogP contribution is -2.46. The molecule has 0 radical (unpaired) electrons. The molecule has 10 heavy (non-hydrogen) atoms. The summed E-state index contributed by atoms with van der Waals surface area (Å²) in [6, 6.07) is -0.539. The molecule has 4 nitrogen and oxygen atoms in total. The number of hydrogen-bond acceptors (Lipinski definition) is 2. The summed E-state index contributed by atoms with van der Waals surface area (Å²) in [5.41, 5.74) is 4.79. The molecule has 0 aromatic heterocycles. The molecule has 0 heterocycles. The van der Waals surface area contributed by atoms with Crippen molar-refractivity contribution < 1.29 is 9.59 Å². The molecule has 0 bridgehead atoms. The molecular formula is C5H9ClN2O2. The zero-order valence-electron chi connectivity index (χ0n) is 5.29. The standard InChI is InChI=1S/C5H8N2O2.ClH/c6-5(9)7-3-1-4(8)2-3;/h3H,1-2H2,(H3,6,7,9);1H. The van der Waals surface area contributed by atoms with Gasteiger partial charge in [0.2, 0.25) is 0 Å². The van der Waals surface area contributed by atoms with E-state index in [-0.39, 0.29) is 24.2 Å². The van der Waals surface area contributed by atoms with Crippen LogP contribution in [0.2, 0.25) is 0 Å². The van der Waals surface area contributed by atoms with E-state index >= 15 is 0 Å². The van der Waals surface area contributed by atoms with Crippen molar-refractivity contribution in [3.05, 3.63) is 0 Å². The van der Waals surface area contributed by atoms with E-state index < -0.39 is 6.03 Å². The van der Waals surface area contributed by atoms with Gasteiger partial charge in [0.1, 0.15) is 5.78 Å². The zero-order valence-corrected chi connectivity index (χ0v) is 6.11. The molecule has 0 unspecified atom stereocenters. The number of urea groups is 1. The van der Waals surface area contributed by atoms with Crippen LogP contribution in [0.1, 0.15) is 12.8 Å². The molecule has 0 aromatic rings. The van der Waals surface area contributed by atoms with Crippen LogP contribution >= 0.6 is 12.4 Å². The van der Waals surface area contributed by atoms with Crippen molar-refractivity contribution in [2.45, 2.75) is 18.9 Å². The van der Waals surface area contributed by atoms with Crippen LogP contribution < -0.4 is 11.1 Å². The monoisotopic (exact) mass is 164 g/mol. The van der Waals surface area contributed by atoms with Crippen LogP contribution in [0.4, 0.5) is 4.79 Å². The second kappa shape index (κ2) is 3.41. The smallest absolute Gasteiger partial charge is 0.312 e. The molecule has 5 heteroatoms. The number of nitrogens with one attached hydrogen (secondary N) is 1. The van der Waals surface area contributed by atoms with Crippen molar-refractivity contribution >= 4 is 24.2 Å². The van der Waals surface area contributed by atoms with Crippen LogP contribution in [0.3, 0.4) is 0 Å². The minimum atomic E-state index is -0.549. The van der Waals surface area contributed by atoms with Gasteiger partial charge < -0.3 is 11.1 Å².